The van der Waals surface area contributed by atoms with Crippen molar-refractivity contribution in [3.05, 3.63) is 39.8 Å². The second-order valence-corrected chi connectivity index (χ2v) is 6.81. The second-order valence-electron chi connectivity index (χ2n) is 4.28. The van der Waals surface area contributed by atoms with Gasteiger partial charge in [0.2, 0.25) is 10.0 Å². The molecule has 0 saturated carbocycles. The Morgan fingerprint density at radius 3 is 2.68 bits per heavy atom. The Morgan fingerprint density at radius 2 is 2.11 bits per heavy atom. The van der Waals surface area contributed by atoms with Crippen LogP contribution in [0, 0.1) is 13.8 Å². The highest BCUT2D eigenvalue weighted by molar-refractivity contribution is 7.89. The molecule has 0 radical (unpaired) electrons. The summed E-state index contributed by atoms with van der Waals surface area (Å²) >= 11 is 1.55. The fourth-order valence-corrected chi connectivity index (χ4v) is 2.84. The van der Waals surface area contributed by atoms with Gasteiger partial charge in [0.05, 0.1) is 17.0 Å². The highest BCUT2D eigenvalue weighted by Gasteiger charge is 2.12. The number of hydrogen-bond donors (Lipinski definition) is 2. The third-order valence-corrected chi connectivity index (χ3v) is 4.58. The molecule has 0 aliphatic carbocycles. The lowest BCUT2D eigenvalue weighted by Crippen LogP contribution is -2.13. The SMILES string of the molecule is Cc1cc(S(N)(=O)=O)cc(NCc2cncs2)c1C. The largest absolute Gasteiger partial charge is 0.380 e. The van der Waals surface area contributed by atoms with Gasteiger partial charge in [0.25, 0.3) is 0 Å². The number of nitrogens with zero attached hydrogens (tertiary/aromatic N) is 1. The maximum Gasteiger partial charge on any atom is 0.238 e. The molecule has 0 aliphatic rings. The van der Waals surface area contributed by atoms with Gasteiger partial charge < -0.3 is 5.32 Å². The summed E-state index contributed by atoms with van der Waals surface area (Å²) in [6.45, 7) is 4.41. The molecule has 0 atom stereocenters. The molecule has 19 heavy (non-hydrogen) atoms. The van der Waals surface area contributed by atoms with E-state index in [0.29, 0.717) is 6.54 Å². The van der Waals surface area contributed by atoms with E-state index in [1.807, 2.05) is 13.8 Å². The van der Waals surface area contributed by atoms with E-state index >= 15 is 0 Å². The minimum absolute atomic E-state index is 0.127. The van der Waals surface area contributed by atoms with E-state index in [4.69, 9.17) is 5.14 Å². The van der Waals surface area contributed by atoms with E-state index in [1.54, 1.807) is 35.2 Å². The molecule has 7 heteroatoms. The lowest BCUT2D eigenvalue weighted by molar-refractivity contribution is 0.597. The van der Waals surface area contributed by atoms with Gasteiger partial charge in [-0.05, 0) is 37.1 Å². The Kier molecular flexibility index (Phi) is 3.88. The second kappa shape index (κ2) is 5.28. The highest BCUT2D eigenvalue weighted by atomic mass is 32.2. The molecule has 2 aromatic rings. The Bertz CT molecular complexity index is 679. The first kappa shape index (κ1) is 14.0. The van der Waals surface area contributed by atoms with Gasteiger partial charge in [-0.1, -0.05) is 0 Å². The summed E-state index contributed by atoms with van der Waals surface area (Å²) in [5.74, 6) is 0. The summed E-state index contributed by atoms with van der Waals surface area (Å²) in [7, 11) is -3.69. The Labute approximate surface area is 116 Å². The smallest absolute Gasteiger partial charge is 0.238 e. The number of anilines is 1. The summed E-state index contributed by atoms with van der Waals surface area (Å²) < 4.78 is 22.8. The van der Waals surface area contributed by atoms with Crippen molar-refractivity contribution in [3.63, 3.8) is 0 Å². The molecule has 102 valence electrons. The zero-order valence-electron chi connectivity index (χ0n) is 10.7. The number of benzene rings is 1. The third-order valence-electron chi connectivity index (χ3n) is 2.91. The van der Waals surface area contributed by atoms with Gasteiger partial charge >= 0.3 is 0 Å². The highest BCUT2D eigenvalue weighted by Crippen LogP contribution is 2.24. The van der Waals surface area contributed by atoms with Crippen molar-refractivity contribution in [2.24, 2.45) is 5.14 Å². The van der Waals surface area contributed by atoms with Crippen LogP contribution in [0.25, 0.3) is 0 Å². The van der Waals surface area contributed by atoms with Crippen LogP contribution in [0.4, 0.5) is 5.69 Å². The predicted molar refractivity (Wildman–Crippen MR) is 76.7 cm³/mol. The van der Waals surface area contributed by atoms with Crippen molar-refractivity contribution in [1.29, 1.82) is 0 Å². The molecular formula is C12H15N3O2S2. The van der Waals surface area contributed by atoms with Crippen molar-refractivity contribution >= 4 is 27.0 Å². The topological polar surface area (TPSA) is 85.1 Å². The molecule has 0 fully saturated rings. The van der Waals surface area contributed by atoms with Crippen LogP contribution in [-0.4, -0.2) is 13.4 Å². The van der Waals surface area contributed by atoms with Gasteiger partial charge in [-0.25, -0.2) is 13.6 Å². The molecule has 0 spiro atoms. The van der Waals surface area contributed by atoms with Gasteiger partial charge in [0.15, 0.2) is 0 Å². The number of sulfonamides is 1. The Hall–Kier alpha value is -1.44. The molecule has 0 amide bonds. The normalized spacial score (nSPS) is 11.5. The van der Waals surface area contributed by atoms with E-state index in [2.05, 4.69) is 10.3 Å². The number of rotatable bonds is 4. The minimum atomic E-state index is -3.69. The first-order chi connectivity index (χ1) is 8.88. The predicted octanol–water partition coefficient (Wildman–Crippen LogP) is 2.02. The third kappa shape index (κ3) is 3.31. The maximum absolute atomic E-state index is 11.4. The molecule has 0 unspecified atom stereocenters. The van der Waals surface area contributed by atoms with Crippen LogP contribution in [-0.2, 0) is 16.6 Å². The molecule has 0 bridgehead atoms. The van der Waals surface area contributed by atoms with Gasteiger partial charge in [-0.2, -0.15) is 0 Å². The van der Waals surface area contributed by atoms with Crippen molar-refractivity contribution < 1.29 is 8.42 Å². The number of nitrogens with one attached hydrogen (secondary N) is 1. The molecule has 1 aromatic carbocycles. The maximum atomic E-state index is 11.4. The summed E-state index contributed by atoms with van der Waals surface area (Å²) in [6, 6.07) is 3.15. The van der Waals surface area contributed by atoms with Gasteiger partial charge in [0, 0.05) is 16.8 Å². The van der Waals surface area contributed by atoms with Crippen LogP contribution in [0.5, 0.6) is 0 Å². The zero-order chi connectivity index (χ0) is 14.0. The summed E-state index contributed by atoms with van der Waals surface area (Å²) in [5, 5.41) is 8.39. The molecule has 1 heterocycles. The fourth-order valence-electron chi connectivity index (χ4n) is 1.69. The molecule has 2 rings (SSSR count). The van der Waals surface area contributed by atoms with Gasteiger partial charge in [0.1, 0.15) is 0 Å². The van der Waals surface area contributed by atoms with Crippen molar-refractivity contribution in [3.8, 4) is 0 Å². The number of aromatic nitrogens is 1. The number of aryl methyl sites for hydroxylation is 1. The fraction of sp³-hybridized carbons (Fsp3) is 0.250. The van der Waals surface area contributed by atoms with E-state index < -0.39 is 10.0 Å². The number of nitrogens with two attached hydrogens (primary N) is 1. The lowest BCUT2D eigenvalue weighted by atomic mass is 10.1. The molecule has 0 saturated heterocycles. The standard InChI is InChI=1S/C12H15N3O2S2/c1-8-3-11(19(13,16)17)4-12(9(8)2)15-6-10-5-14-7-18-10/h3-5,7,15H,6H2,1-2H3,(H2,13,16,17). The number of hydrogen-bond acceptors (Lipinski definition) is 5. The first-order valence-corrected chi connectivity index (χ1v) is 8.06. The van der Waals surface area contributed by atoms with Crippen LogP contribution < -0.4 is 10.5 Å². The van der Waals surface area contributed by atoms with Crippen molar-refractivity contribution in [2.45, 2.75) is 25.3 Å². The Morgan fingerprint density at radius 1 is 1.37 bits per heavy atom. The van der Waals surface area contributed by atoms with E-state index in [9.17, 15) is 8.42 Å². The molecule has 0 aliphatic heterocycles. The summed E-state index contributed by atoms with van der Waals surface area (Å²) in [5.41, 5.74) is 4.43. The quantitative estimate of drug-likeness (QED) is 0.904. The molecule has 5 nitrogen and oxygen atoms in total. The average Bonchev–Trinajstić information content (AvgIpc) is 2.82. The minimum Gasteiger partial charge on any atom is -0.380 e. The van der Waals surface area contributed by atoms with E-state index in [-0.39, 0.29) is 4.90 Å². The first-order valence-electron chi connectivity index (χ1n) is 5.63. The van der Waals surface area contributed by atoms with Crippen LogP contribution in [0.3, 0.4) is 0 Å². The number of thiazole rings is 1. The van der Waals surface area contributed by atoms with Crippen molar-refractivity contribution in [2.75, 3.05) is 5.32 Å². The summed E-state index contributed by atoms with van der Waals surface area (Å²) in [4.78, 5) is 5.20. The van der Waals surface area contributed by atoms with Crippen molar-refractivity contribution in [1.82, 2.24) is 4.98 Å². The lowest BCUT2D eigenvalue weighted by Gasteiger charge is -2.12. The van der Waals surface area contributed by atoms with E-state index in [0.717, 1.165) is 21.7 Å². The number of primary sulfonamides is 1. The van der Waals surface area contributed by atoms with Crippen LogP contribution in [0.2, 0.25) is 0 Å². The van der Waals surface area contributed by atoms with Crippen LogP contribution in [0.1, 0.15) is 16.0 Å². The summed E-state index contributed by atoms with van der Waals surface area (Å²) in [6.07, 6.45) is 1.78. The monoisotopic (exact) mass is 297 g/mol. The molecule has 1 aromatic heterocycles. The van der Waals surface area contributed by atoms with Crippen LogP contribution >= 0.6 is 11.3 Å². The van der Waals surface area contributed by atoms with Gasteiger partial charge in [-0.3, -0.25) is 4.98 Å². The molecular weight excluding hydrogens is 282 g/mol. The zero-order valence-corrected chi connectivity index (χ0v) is 12.3. The van der Waals surface area contributed by atoms with E-state index in [1.165, 1.54) is 0 Å². The van der Waals surface area contributed by atoms with Gasteiger partial charge in [-0.15, -0.1) is 11.3 Å². The molecule has 3 N–H and O–H groups in total. The average molecular weight is 297 g/mol. The Balaban J connectivity index is 2.31. The van der Waals surface area contributed by atoms with Crippen LogP contribution in [0.15, 0.2) is 28.7 Å².